The van der Waals surface area contributed by atoms with E-state index in [1.165, 1.54) is 0 Å². The number of carbonyl (C=O) groups is 1. The van der Waals surface area contributed by atoms with E-state index in [9.17, 15) is 4.79 Å². The van der Waals surface area contributed by atoms with Crippen LogP contribution in [-0.4, -0.2) is 19.1 Å². The van der Waals surface area contributed by atoms with Crippen molar-refractivity contribution in [3.05, 3.63) is 59.7 Å². The van der Waals surface area contributed by atoms with Gasteiger partial charge >= 0.3 is 0 Å². The lowest BCUT2D eigenvalue weighted by molar-refractivity contribution is -0.127. The van der Waals surface area contributed by atoms with Crippen molar-refractivity contribution in [3.63, 3.8) is 0 Å². The van der Waals surface area contributed by atoms with Crippen molar-refractivity contribution in [2.45, 2.75) is 32.9 Å². The molecular formula is C19H23NO3. The van der Waals surface area contributed by atoms with Gasteiger partial charge in [-0.2, -0.15) is 0 Å². The van der Waals surface area contributed by atoms with Crippen molar-refractivity contribution >= 4 is 5.91 Å². The number of benzene rings is 2. The van der Waals surface area contributed by atoms with Crippen LogP contribution < -0.4 is 14.8 Å². The SMILES string of the molecule is COc1ccc([C@H](C)NC(=O)[C@H](C)Oc2ccc(C)cc2)cc1. The molecule has 0 aliphatic heterocycles. The maximum Gasteiger partial charge on any atom is 0.261 e. The number of hydrogen-bond donors (Lipinski definition) is 1. The topological polar surface area (TPSA) is 47.6 Å². The molecule has 0 radical (unpaired) electrons. The van der Waals surface area contributed by atoms with E-state index in [1.807, 2.05) is 62.4 Å². The van der Waals surface area contributed by atoms with E-state index in [0.717, 1.165) is 16.9 Å². The number of methoxy groups -OCH3 is 1. The molecule has 1 amide bonds. The van der Waals surface area contributed by atoms with Crippen LogP contribution in [0.25, 0.3) is 0 Å². The largest absolute Gasteiger partial charge is 0.497 e. The summed E-state index contributed by atoms with van der Waals surface area (Å²) in [4.78, 5) is 12.3. The second kappa shape index (κ2) is 7.68. The number of carbonyl (C=O) groups excluding carboxylic acids is 1. The molecule has 0 fully saturated rings. The molecule has 4 heteroatoms. The molecule has 0 aliphatic rings. The average molecular weight is 313 g/mol. The molecule has 0 bridgehead atoms. The highest BCUT2D eigenvalue weighted by atomic mass is 16.5. The van der Waals surface area contributed by atoms with Crippen LogP contribution in [0.4, 0.5) is 0 Å². The Morgan fingerprint density at radius 1 is 0.957 bits per heavy atom. The average Bonchev–Trinajstić information content (AvgIpc) is 2.56. The van der Waals surface area contributed by atoms with Gasteiger partial charge in [-0.25, -0.2) is 0 Å². The predicted octanol–water partition coefficient (Wildman–Crippen LogP) is 3.65. The third kappa shape index (κ3) is 4.74. The van der Waals surface area contributed by atoms with Gasteiger partial charge in [0.2, 0.25) is 0 Å². The van der Waals surface area contributed by atoms with Crippen LogP contribution in [-0.2, 0) is 4.79 Å². The Bertz CT molecular complexity index is 635. The summed E-state index contributed by atoms with van der Waals surface area (Å²) < 4.78 is 10.8. The third-order valence-corrected chi connectivity index (χ3v) is 3.68. The van der Waals surface area contributed by atoms with Crippen LogP contribution in [0.3, 0.4) is 0 Å². The summed E-state index contributed by atoms with van der Waals surface area (Å²) in [5.74, 6) is 1.34. The van der Waals surface area contributed by atoms with Gasteiger partial charge in [0.25, 0.3) is 5.91 Å². The molecule has 2 aromatic carbocycles. The van der Waals surface area contributed by atoms with Gasteiger partial charge in [-0.05, 0) is 50.6 Å². The fourth-order valence-electron chi connectivity index (χ4n) is 2.18. The fraction of sp³-hybridized carbons (Fsp3) is 0.316. The molecule has 0 spiro atoms. The molecule has 0 aromatic heterocycles. The van der Waals surface area contributed by atoms with Gasteiger partial charge in [0, 0.05) is 0 Å². The summed E-state index contributed by atoms with van der Waals surface area (Å²) in [6.45, 7) is 5.70. The normalized spacial score (nSPS) is 13.0. The molecule has 4 nitrogen and oxygen atoms in total. The van der Waals surface area contributed by atoms with Crippen molar-refractivity contribution < 1.29 is 14.3 Å². The Morgan fingerprint density at radius 2 is 1.52 bits per heavy atom. The summed E-state index contributed by atoms with van der Waals surface area (Å²) in [5, 5.41) is 2.96. The Hall–Kier alpha value is -2.49. The Morgan fingerprint density at radius 3 is 2.09 bits per heavy atom. The highest BCUT2D eigenvalue weighted by Crippen LogP contribution is 2.18. The van der Waals surface area contributed by atoms with Gasteiger partial charge < -0.3 is 14.8 Å². The van der Waals surface area contributed by atoms with Crippen LogP contribution in [0, 0.1) is 6.92 Å². The zero-order chi connectivity index (χ0) is 16.8. The number of hydrogen-bond acceptors (Lipinski definition) is 3. The standard InChI is InChI=1S/C19H23NO3/c1-13-5-9-18(10-6-13)23-15(3)19(21)20-14(2)16-7-11-17(22-4)12-8-16/h5-12,14-15H,1-4H3,(H,20,21)/t14-,15-/m0/s1. The number of rotatable bonds is 6. The third-order valence-electron chi connectivity index (χ3n) is 3.68. The smallest absolute Gasteiger partial charge is 0.261 e. The summed E-state index contributed by atoms with van der Waals surface area (Å²) in [6.07, 6.45) is -0.557. The van der Waals surface area contributed by atoms with E-state index >= 15 is 0 Å². The van der Waals surface area contributed by atoms with Crippen LogP contribution in [0.5, 0.6) is 11.5 Å². The molecule has 0 heterocycles. The molecule has 0 saturated heterocycles. The second-order valence-electron chi connectivity index (χ2n) is 5.58. The van der Waals surface area contributed by atoms with E-state index in [4.69, 9.17) is 9.47 Å². The molecule has 0 saturated carbocycles. The van der Waals surface area contributed by atoms with Gasteiger partial charge in [-0.1, -0.05) is 29.8 Å². The lowest BCUT2D eigenvalue weighted by Gasteiger charge is -2.19. The van der Waals surface area contributed by atoms with E-state index in [-0.39, 0.29) is 11.9 Å². The van der Waals surface area contributed by atoms with Crippen molar-refractivity contribution in [2.75, 3.05) is 7.11 Å². The minimum Gasteiger partial charge on any atom is -0.497 e. The predicted molar refractivity (Wildman–Crippen MR) is 90.8 cm³/mol. The first-order chi connectivity index (χ1) is 11.0. The number of nitrogens with one attached hydrogen (secondary N) is 1. The minimum absolute atomic E-state index is 0.0996. The van der Waals surface area contributed by atoms with Crippen LogP contribution in [0.2, 0.25) is 0 Å². The number of amides is 1. The van der Waals surface area contributed by atoms with Gasteiger partial charge in [0.05, 0.1) is 13.2 Å². The van der Waals surface area contributed by atoms with Gasteiger partial charge in [-0.15, -0.1) is 0 Å². The monoisotopic (exact) mass is 313 g/mol. The van der Waals surface area contributed by atoms with Crippen molar-refractivity contribution in [1.82, 2.24) is 5.32 Å². The lowest BCUT2D eigenvalue weighted by atomic mass is 10.1. The minimum atomic E-state index is -0.557. The lowest BCUT2D eigenvalue weighted by Crippen LogP contribution is -2.37. The maximum absolute atomic E-state index is 12.3. The van der Waals surface area contributed by atoms with Gasteiger partial charge in [-0.3, -0.25) is 4.79 Å². The van der Waals surface area contributed by atoms with Crippen molar-refractivity contribution in [1.29, 1.82) is 0 Å². The maximum atomic E-state index is 12.3. The van der Waals surface area contributed by atoms with Crippen LogP contribution in [0.1, 0.15) is 31.0 Å². The first-order valence-corrected chi connectivity index (χ1v) is 7.67. The molecule has 0 unspecified atom stereocenters. The Balaban J connectivity index is 1.92. The Labute approximate surface area is 137 Å². The summed E-state index contributed by atoms with van der Waals surface area (Å²) >= 11 is 0. The molecule has 2 aromatic rings. The van der Waals surface area contributed by atoms with E-state index in [2.05, 4.69) is 5.32 Å². The molecule has 0 aliphatic carbocycles. The highest BCUT2D eigenvalue weighted by Gasteiger charge is 2.17. The van der Waals surface area contributed by atoms with Gasteiger partial charge in [0.1, 0.15) is 11.5 Å². The molecule has 23 heavy (non-hydrogen) atoms. The van der Waals surface area contributed by atoms with Crippen molar-refractivity contribution in [3.8, 4) is 11.5 Å². The first-order valence-electron chi connectivity index (χ1n) is 7.67. The quantitative estimate of drug-likeness (QED) is 0.885. The van der Waals surface area contributed by atoms with Crippen LogP contribution in [0.15, 0.2) is 48.5 Å². The zero-order valence-corrected chi connectivity index (χ0v) is 14.0. The second-order valence-corrected chi connectivity index (χ2v) is 5.58. The molecule has 122 valence electrons. The zero-order valence-electron chi connectivity index (χ0n) is 14.0. The van der Waals surface area contributed by atoms with Gasteiger partial charge in [0.15, 0.2) is 6.10 Å². The summed E-state index contributed by atoms with van der Waals surface area (Å²) in [6, 6.07) is 15.2. The van der Waals surface area contributed by atoms with Crippen LogP contribution >= 0.6 is 0 Å². The molecule has 2 atom stereocenters. The molecular weight excluding hydrogens is 290 g/mol. The van der Waals surface area contributed by atoms with E-state index in [0.29, 0.717) is 5.75 Å². The highest BCUT2D eigenvalue weighted by molar-refractivity contribution is 5.81. The fourth-order valence-corrected chi connectivity index (χ4v) is 2.18. The molecule has 1 N–H and O–H groups in total. The van der Waals surface area contributed by atoms with E-state index in [1.54, 1.807) is 14.0 Å². The number of ether oxygens (including phenoxy) is 2. The van der Waals surface area contributed by atoms with Crippen molar-refractivity contribution in [2.24, 2.45) is 0 Å². The summed E-state index contributed by atoms with van der Waals surface area (Å²) in [5.41, 5.74) is 2.17. The first kappa shape index (κ1) is 16.9. The Kier molecular flexibility index (Phi) is 5.63. The number of aryl methyl sites for hydroxylation is 1. The summed E-state index contributed by atoms with van der Waals surface area (Å²) in [7, 11) is 1.63. The molecule has 2 rings (SSSR count). The van der Waals surface area contributed by atoms with E-state index < -0.39 is 6.10 Å².